The Morgan fingerprint density at radius 1 is 1.17 bits per heavy atom. The van der Waals surface area contributed by atoms with E-state index in [2.05, 4.69) is 20.9 Å². The van der Waals surface area contributed by atoms with Gasteiger partial charge in [-0.3, -0.25) is 4.90 Å². The van der Waals surface area contributed by atoms with Crippen molar-refractivity contribution in [3.8, 4) is 11.5 Å². The SMILES string of the molecule is CNCC(O)(COc1cc(OC)ccc1C[NH2+]CCc1ccccc1F)C(NC)N1CCOCC1. The van der Waals surface area contributed by atoms with Crippen molar-refractivity contribution < 1.29 is 29.0 Å². The van der Waals surface area contributed by atoms with Crippen LogP contribution in [-0.2, 0) is 17.7 Å². The molecule has 2 aromatic rings. The van der Waals surface area contributed by atoms with Crippen LogP contribution in [0.5, 0.6) is 11.5 Å². The van der Waals surface area contributed by atoms with Gasteiger partial charge >= 0.3 is 0 Å². The lowest BCUT2D eigenvalue weighted by Crippen LogP contribution is -2.83. The van der Waals surface area contributed by atoms with Crippen molar-refractivity contribution in [3.63, 3.8) is 0 Å². The molecule has 2 aromatic carbocycles. The van der Waals surface area contributed by atoms with Crippen molar-refractivity contribution >= 4 is 0 Å². The molecule has 0 bridgehead atoms. The van der Waals surface area contributed by atoms with E-state index in [4.69, 9.17) is 14.2 Å². The van der Waals surface area contributed by atoms with E-state index in [0.717, 1.165) is 25.2 Å². The summed E-state index contributed by atoms with van der Waals surface area (Å²) < 4.78 is 31.0. The topological polar surface area (TPSA) is 91.8 Å². The summed E-state index contributed by atoms with van der Waals surface area (Å²) >= 11 is 0. The number of quaternary nitrogens is 1. The molecule has 3 rings (SSSR count). The zero-order valence-electron chi connectivity index (χ0n) is 21.1. The average Bonchev–Trinajstić information content (AvgIpc) is 2.88. The molecule has 1 saturated heterocycles. The molecular weight excluding hydrogens is 451 g/mol. The van der Waals surface area contributed by atoms with Crippen molar-refractivity contribution in [1.82, 2.24) is 15.5 Å². The van der Waals surface area contributed by atoms with Gasteiger partial charge in [0.15, 0.2) is 0 Å². The van der Waals surface area contributed by atoms with Gasteiger partial charge in [-0.15, -0.1) is 0 Å². The van der Waals surface area contributed by atoms with Gasteiger partial charge in [0.1, 0.15) is 36.1 Å². The molecule has 1 heterocycles. The van der Waals surface area contributed by atoms with Crippen molar-refractivity contribution in [2.45, 2.75) is 24.7 Å². The predicted molar refractivity (Wildman–Crippen MR) is 133 cm³/mol. The van der Waals surface area contributed by atoms with Gasteiger partial charge in [0, 0.05) is 37.7 Å². The first-order valence-electron chi connectivity index (χ1n) is 12.2. The summed E-state index contributed by atoms with van der Waals surface area (Å²) in [5.41, 5.74) is 0.516. The minimum Gasteiger partial charge on any atom is -0.497 e. The molecule has 35 heavy (non-hydrogen) atoms. The van der Waals surface area contributed by atoms with Gasteiger partial charge in [-0.1, -0.05) is 18.2 Å². The minimum atomic E-state index is -1.18. The van der Waals surface area contributed by atoms with Crippen LogP contribution >= 0.6 is 0 Å². The van der Waals surface area contributed by atoms with Crippen molar-refractivity contribution in [1.29, 1.82) is 0 Å². The molecule has 194 valence electrons. The largest absolute Gasteiger partial charge is 0.497 e. The minimum absolute atomic E-state index is 0.0894. The van der Waals surface area contributed by atoms with Gasteiger partial charge in [0.2, 0.25) is 0 Å². The number of nitrogens with zero attached hydrogens (tertiary/aromatic N) is 1. The summed E-state index contributed by atoms with van der Waals surface area (Å²) in [5, 5.41) is 20.2. The number of benzene rings is 2. The number of methoxy groups -OCH3 is 1. The van der Waals surface area contributed by atoms with Gasteiger partial charge < -0.3 is 35.3 Å². The van der Waals surface area contributed by atoms with Crippen LogP contribution in [0, 0.1) is 5.82 Å². The molecule has 0 aliphatic carbocycles. The van der Waals surface area contributed by atoms with E-state index in [1.54, 1.807) is 13.2 Å². The molecular formula is C26H40FN4O4+. The maximum atomic E-state index is 13.9. The Labute approximate surface area is 207 Å². The zero-order chi connectivity index (χ0) is 25.1. The summed E-state index contributed by atoms with van der Waals surface area (Å²) in [5.74, 6) is 1.18. The van der Waals surface area contributed by atoms with Crippen molar-refractivity contribution in [2.24, 2.45) is 0 Å². The van der Waals surface area contributed by atoms with Crippen LogP contribution in [0.4, 0.5) is 4.39 Å². The average molecular weight is 492 g/mol. The third-order valence-corrected chi connectivity index (χ3v) is 6.37. The first kappa shape index (κ1) is 27.3. The van der Waals surface area contributed by atoms with Crippen molar-refractivity contribution in [3.05, 3.63) is 59.4 Å². The number of nitrogens with two attached hydrogens (primary N) is 1. The number of likely N-dealkylation sites (N-methyl/N-ethyl adjacent to an activating group) is 2. The highest BCUT2D eigenvalue weighted by molar-refractivity contribution is 5.40. The highest BCUT2D eigenvalue weighted by Crippen LogP contribution is 2.26. The van der Waals surface area contributed by atoms with Gasteiger partial charge in [-0.05, 0) is 37.9 Å². The normalized spacial score (nSPS) is 17.1. The molecule has 1 aliphatic heterocycles. The summed E-state index contributed by atoms with van der Waals surface area (Å²) in [7, 11) is 5.28. The molecule has 0 spiro atoms. The molecule has 0 saturated carbocycles. The number of halogens is 1. The third-order valence-electron chi connectivity index (χ3n) is 6.37. The van der Waals surface area contributed by atoms with Crippen LogP contribution in [0.3, 0.4) is 0 Å². The van der Waals surface area contributed by atoms with Gasteiger partial charge in [-0.2, -0.15) is 0 Å². The van der Waals surface area contributed by atoms with Crippen LogP contribution < -0.4 is 25.4 Å². The van der Waals surface area contributed by atoms with Gasteiger partial charge in [0.05, 0.1) is 33.0 Å². The highest BCUT2D eigenvalue weighted by atomic mass is 19.1. The quantitative estimate of drug-likeness (QED) is 0.284. The van der Waals surface area contributed by atoms with Gasteiger partial charge in [-0.25, -0.2) is 4.39 Å². The lowest BCUT2D eigenvalue weighted by atomic mass is 9.99. The number of nitrogens with one attached hydrogen (secondary N) is 2. The fourth-order valence-corrected chi connectivity index (χ4v) is 4.54. The number of ether oxygens (including phenoxy) is 3. The summed E-state index contributed by atoms with van der Waals surface area (Å²) in [6.07, 6.45) is 0.338. The Balaban J connectivity index is 1.67. The van der Waals surface area contributed by atoms with E-state index in [1.165, 1.54) is 6.07 Å². The zero-order valence-corrected chi connectivity index (χ0v) is 21.1. The molecule has 1 aliphatic rings. The molecule has 1 fully saturated rings. The molecule has 0 radical (unpaired) electrons. The molecule has 0 aromatic heterocycles. The standard InChI is InChI=1S/C26H39FN4O4/c1-28-18-26(32,25(29-2)31-12-14-34-15-13-31)19-35-24-16-22(33-3)9-8-21(24)17-30-11-10-20-6-4-5-7-23(20)27/h4-9,16,25,28-30,32H,10-15,17-19H2,1-3H3/p+1. The number of morpholine rings is 1. The van der Waals surface area contributed by atoms with Crippen LogP contribution in [0.15, 0.2) is 42.5 Å². The van der Waals surface area contributed by atoms with E-state index in [0.29, 0.717) is 49.8 Å². The second kappa shape index (κ2) is 13.7. The highest BCUT2D eigenvalue weighted by Gasteiger charge is 2.41. The second-order valence-electron chi connectivity index (χ2n) is 8.86. The Kier molecular flexibility index (Phi) is 10.7. The lowest BCUT2D eigenvalue weighted by molar-refractivity contribution is -0.670. The first-order valence-corrected chi connectivity index (χ1v) is 12.2. The smallest absolute Gasteiger partial charge is 0.139 e. The van der Waals surface area contributed by atoms with E-state index in [9.17, 15) is 9.50 Å². The Morgan fingerprint density at radius 2 is 1.94 bits per heavy atom. The molecule has 0 amide bonds. The van der Waals surface area contributed by atoms with E-state index < -0.39 is 5.60 Å². The monoisotopic (exact) mass is 491 g/mol. The number of aliphatic hydroxyl groups is 1. The fraction of sp³-hybridized carbons (Fsp3) is 0.538. The molecule has 2 atom stereocenters. The number of hydrogen-bond acceptors (Lipinski definition) is 7. The predicted octanol–water partition coefficient (Wildman–Crippen LogP) is 0.347. The van der Waals surface area contributed by atoms with Crippen LogP contribution in [0.1, 0.15) is 11.1 Å². The summed E-state index contributed by atoms with van der Waals surface area (Å²) in [4.78, 5) is 2.19. The molecule has 8 nitrogen and oxygen atoms in total. The van der Waals surface area contributed by atoms with Crippen molar-refractivity contribution in [2.75, 3.05) is 67.2 Å². The third kappa shape index (κ3) is 7.60. The maximum Gasteiger partial charge on any atom is 0.139 e. The number of hydrogen-bond donors (Lipinski definition) is 4. The fourth-order valence-electron chi connectivity index (χ4n) is 4.54. The van der Waals surface area contributed by atoms with Crippen LogP contribution in [0.2, 0.25) is 0 Å². The molecule has 9 heteroatoms. The summed E-state index contributed by atoms with van der Waals surface area (Å²) in [6, 6.07) is 12.6. The summed E-state index contributed by atoms with van der Waals surface area (Å²) in [6.45, 7) is 4.59. The second-order valence-corrected chi connectivity index (χ2v) is 8.86. The van der Waals surface area contributed by atoms with E-state index in [-0.39, 0.29) is 18.6 Å². The van der Waals surface area contributed by atoms with E-state index in [1.807, 2.05) is 44.4 Å². The molecule has 2 unspecified atom stereocenters. The Bertz CT molecular complexity index is 913. The van der Waals surface area contributed by atoms with E-state index >= 15 is 0 Å². The first-order chi connectivity index (χ1) is 17.0. The van der Waals surface area contributed by atoms with Crippen LogP contribution in [-0.4, -0.2) is 89.0 Å². The van der Waals surface area contributed by atoms with Crippen LogP contribution in [0.25, 0.3) is 0 Å². The Hall–Kier alpha value is -2.27. The number of rotatable bonds is 14. The lowest BCUT2D eigenvalue weighted by Gasteiger charge is -2.43. The Morgan fingerprint density at radius 3 is 2.63 bits per heavy atom. The van der Waals surface area contributed by atoms with Gasteiger partial charge in [0.25, 0.3) is 0 Å². The molecule has 5 N–H and O–H groups in total. The maximum absolute atomic E-state index is 13.9.